The molecule has 0 unspecified atom stereocenters. The molecule has 20 heavy (non-hydrogen) atoms. The second-order valence-corrected chi connectivity index (χ2v) is 5.56. The highest BCUT2D eigenvalue weighted by molar-refractivity contribution is 7.18. The number of nitrogen functional groups attached to an aromatic ring is 1. The summed E-state index contributed by atoms with van der Waals surface area (Å²) in [4.78, 5) is 13.7. The van der Waals surface area contributed by atoms with Crippen LogP contribution in [0.4, 0.5) is 5.13 Å². The Hall–Kier alpha value is -2.28. The van der Waals surface area contributed by atoms with E-state index in [1.807, 2.05) is 32.9 Å². The summed E-state index contributed by atoms with van der Waals surface area (Å²) in [5.74, 6) is 0.985. The van der Waals surface area contributed by atoms with Gasteiger partial charge in [-0.25, -0.2) is 4.98 Å². The maximum absolute atomic E-state index is 5.68. The molecule has 0 atom stereocenters. The first-order valence-corrected chi connectivity index (χ1v) is 6.87. The average Bonchev–Trinajstić information content (AvgIpc) is 2.94. The molecule has 0 aliphatic heterocycles. The Morgan fingerprint density at radius 1 is 1.05 bits per heavy atom. The van der Waals surface area contributed by atoms with E-state index in [2.05, 4.69) is 20.1 Å². The summed E-state index contributed by atoms with van der Waals surface area (Å²) >= 11 is 1.34. The van der Waals surface area contributed by atoms with Crippen LogP contribution in [0.3, 0.4) is 0 Å². The summed E-state index contributed by atoms with van der Waals surface area (Å²) < 4.78 is 5.31. The number of aromatic nitrogens is 4. The Bertz CT molecular complexity index is 757. The number of hydrogen-bond acceptors (Lipinski definition) is 7. The fourth-order valence-corrected chi connectivity index (χ4v) is 2.77. The Morgan fingerprint density at radius 2 is 1.75 bits per heavy atom. The Morgan fingerprint density at radius 3 is 2.35 bits per heavy atom. The molecule has 0 saturated carbocycles. The molecule has 0 radical (unpaired) electrons. The summed E-state index contributed by atoms with van der Waals surface area (Å²) in [6.45, 7) is 5.74. The third-order valence-corrected chi connectivity index (χ3v) is 3.75. The van der Waals surface area contributed by atoms with Crippen molar-refractivity contribution in [1.82, 2.24) is 20.1 Å². The molecule has 0 bridgehead atoms. The van der Waals surface area contributed by atoms with Gasteiger partial charge < -0.3 is 10.3 Å². The lowest BCUT2D eigenvalue weighted by molar-refractivity contribution is 0.433. The molecule has 6 nitrogen and oxygen atoms in total. The number of pyridine rings is 1. The van der Waals surface area contributed by atoms with Crippen molar-refractivity contribution < 1.29 is 4.52 Å². The maximum atomic E-state index is 5.68. The monoisotopic (exact) mass is 287 g/mol. The number of anilines is 1. The van der Waals surface area contributed by atoms with Crippen molar-refractivity contribution in [2.75, 3.05) is 5.73 Å². The molecule has 0 aromatic carbocycles. The van der Waals surface area contributed by atoms with Crippen LogP contribution < -0.4 is 5.73 Å². The first-order valence-electron chi connectivity index (χ1n) is 6.05. The lowest BCUT2D eigenvalue weighted by Crippen LogP contribution is -1.89. The number of hydrogen-bond donors (Lipinski definition) is 1. The van der Waals surface area contributed by atoms with Crippen LogP contribution in [-0.4, -0.2) is 20.1 Å². The van der Waals surface area contributed by atoms with Crippen LogP contribution in [0.5, 0.6) is 0 Å². The predicted octanol–water partition coefficient (Wildman–Crippen LogP) is 2.76. The molecule has 3 aromatic rings. The minimum Gasteiger partial charge on any atom is -0.375 e. The molecule has 3 heterocycles. The summed E-state index contributed by atoms with van der Waals surface area (Å²) in [6.07, 6.45) is 0. The highest BCUT2D eigenvalue weighted by Crippen LogP contribution is 2.31. The van der Waals surface area contributed by atoms with Gasteiger partial charge in [0, 0.05) is 17.0 Å². The van der Waals surface area contributed by atoms with E-state index >= 15 is 0 Å². The van der Waals surface area contributed by atoms with Crippen LogP contribution in [0.25, 0.3) is 22.2 Å². The maximum Gasteiger partial charge on any atom is 0.270 e. The van der Waals surface area contributed by atoms with Gasteiger partial charge in [-0.15, -0.1) is 0 Å². The molecule has 2 N–H and O–H groups in total. The minimum absolute atomic E-state index is 0.443. The van der Waals surface area contributed by atoms with Gasteiger partial charge in [0.15, 0.2) is 5.13 Å². The van der Waals surface area contributed by atoms with Crippen molar-refractivity contribution in [3.63, 3.8) is 0 Å². The smallest absolute Gasteiger partial charge is 0.270 e. The molecule has 3 aromatic heterocycles. The molecule has 0 saturated heterocycles. The molecule has 0 spiro atoms. The number of rotatable bonds is 2. The van der Waals surface area contributed by atoms with E-state index in [1.165, 1.54) is 11.3 Å². The van der Waals surface area contributed by atoms with Gasteiger partial charge in [-0.2, -0.15) is 4.98 Å². The van der Waals surface area contributed by atoms with Gasteiger partial charge in [0.1, 0.15) is 4.88 Å². The standard InChI is InChI=1S/C13H13N5OS/c1-6-4-9(5-7(2)15-6)11-17-12(19-18-11)10-8(3)16-13(14)20-10/h4-5H,1-3H3,(H2,14,16). The molecule has 0 aliphatic carbocycles. The van der Waals surface area contributed by atoms with E-state index in [0.29, 0.717) is 16.8 Å². The van der Waals surface area contributed by atoms with E-state index in [9.17, 15) is 0 Å². The highest BCUT2D eigenvalue weighted by Gasteiger charge is 2.16. The first-order chi connectivity index (χ1) is 9.52. The summed E-state index contributed by atoms with van der Waals surface area (Å²) in [5.41, 5.74) is 9.21. The van der Waals surface area contributed by atoms with E-state index in [0.717, 1.165) is 27.5 Å². The van der Waals surface area contributed by atoms with E-state index in [-0.39, 0.29) is 0 Å². The Kier molecular flexibility index (Phi) is 2.98. The number of nitrogens with zero attached hydrogens (tertiary/aromatic N) is 4. The second kappa shape index (κ2) is 4.68. The van der Waals surface area contributed by atoms with Crippen LogP contribution in [0.1, 0.15) is 17.1 Å². The molecular formula is C13H13N5OS. The van der Waals surface area contributed by atoms with Crippen LogP contribution in [0, 0.1) is 20.8 Å². The molecule has 0 aliphatic rings. The number of thiazole rings is 1. The molecule has 7 heteroatoms. The van der Waals surface area contributed by atoms with Gasteiger partial charge >= 0.3 is 0 Å². The number of nitrogens with two attached hydrogens (primary N) is 1. The third-order valence-electron chi connectivity index (χ3n) is 2.77. The zero-order chi connectivity index (χ0) is 14.3. The SMILES string of the molecule is Cc1cc(-c2noc(-c3sc(N)nc3C)n2)cc(C)n1. The normalized spacial score (nSPS) is 10.9. The van der Waals surface area contributed by atoms with Crippen LogP contribution >= 0.6 is 11.3 Å². The van der Waals surface area contributed by atoms with Crippen LogP contribution in [0.2, 0.25) is 0 Å². The van der Waals surface area contributed by atoms with Gasteiger partial charge in [-0.05, 0) is 32.9 Å². The zero-order valence-electron chi connectivity index (χ0n) is 11.3. The fourth-order valence-electron chi connectivity index (χ4n) is 2.01. The Labute approximate surface area is 119 Å². The summed E-state index contributed by atoms with van der Waals surface area (Å²) in [7, 11) is 0. The van der Waals surface area contributed by atoms with Crippen LogP contribution in [0.15, 0.2) is 16.7 Å². The van der Waals surface area contributed by atoms with Gasteiger partial charge in [0.25, 0.3) is 5.89 Å². The number of aryl methyl sites for hydroxylation is 3. The van der Waals surface area contributed by atoms with Crippen LogP contribution in [-0.2, 0) is 0 Å². The lowest BCUT2D eigenvalue weighted by atomic mass is 10.2. The average molecular weight is 287 g/mol. The fraction of sp³-hybridized carbons (Fsp3) is 0.231. The van der Waals surface area contributed by atoms with Gasteiger partial charge in [0.05, 0.1) is 5.69 Å². The van der Waals surface area contributed by atoms with Crippen molar-refractivity contribution >= 4 is 16.5 Å². The largest absolute Gasteiger partial charge is 0.375 e. The van der Waals surface area contributed by atoms with Gasteiger partial charge in [0.2, 0.25) is 5.82 Å². The second-order valence-electron chi connectivity index (χ2n) is 4.53. The van der Waals surface area contributed by atoms with Crippen molar-refractivity contribution in [1.29, 1.82) is 0 Å². The minimum atomic E-state index is 0.443. The summed E-state index contributed by atoms with van der Waals surface area (Å²) in [6, 6.07) is 3.85. The van der Waals surface area contributed by atoms with E-state index < -0.39 is 0 Å². The predicted molar refractivity (Wildman–Crippen MR) is 77.3 cm³/mol. The highest BCUT2D eigenvalue weighted by atomic mass is 32.1. The molecule has 0 amide bonds. The third kappa shape index (κ3) is 2.27. The molecule has 102 valence electrons. The Balaban J connectivity index is 2.04. The summed E-state index contributed by atoms with van der Waals surface area (Å²) in [5, 5.41) is 4.51. The topological polar surface area (TPSA) is 90.7 Å². The van der Waals surface area contributed by atoms with Gasteiger partial charge in [-0.3, -0.25) is 4.98 Å². The van der Waals surface area contributed by atoms with Crippen molar-refractivity contribution in [2.24, 2.45) is 0 Å². The van der Waals surface area contributed by atoms with Crippen molar-refractivity contribution in [3.8, 4) is 22.2 Å². The van der Waals surface area contributed by atoms with E-state index in [1.54, 1.807) is 0 Å². The van der Waals surface area contributed by atoms with E-state index in [4.69, 9.17) is 10.3 Å². The zero-order valence-corrected chi connectivity index (χ0v) is 12.2. The molecular weight excluding hydrogens is 274 g/mol. The molecule has 0 fully saturated rings. The van der Waals surface area contributed by atoms with Crippen molar-refractivity contribution in [2.45, 2.75) is 20.8 Å². The van der Waals surface area contributed by atoms with Gasteiger partial charge in [-0.1, -0.05) is 16.5 Å². The quantitative estimate of drug-likeness (QED) is 0.779. The first kappa shape index (κ1) is 12.7. The molecule has 3 rings (SSSR count). The lowest BCUT2D eigenvalue weighted by Gasteiger charge is -1.98. The van der Waals surface area contributed by atoms with Crippen molar-refractivity contribution in [3.05, 3.63) is 29.2 Å².